The van der Waals surface area contributed by atoms with Crippen LogP contribution in [0.4, 0.5) is 0 Å². The van der Waals surface area contributed by atoms with Crippen LogP contribution in [0.25, 0.3) is 10.8 Å². The summed E-state index contributed by atoms with van der Waals surface area (Å²) in [5, 5.41) is 2.44. The van der Waals surface area contributed by atoms with Crippen molar-refractivity contribution in [1.29, 1.82) is 0 Å². The summed E-state index contributed by atoms with van der Waals surface area (Å²) in [6.45, 7) is 8.67. The zero-order valence-electron chi connectivity index (χ0n) is 11.5. The Balaban J connectivity index is 2.74. The summed E-state index contributed by atoms with van der Waals surface area (Å²) in [4.78, 5) is 11.2. The van der Waals surface area contributed by atoms with Crippen LogP contribution in [0, 0.1) is 0 Å². The molecule has 0 radical (unpaired) electrons. The standard InChI is InChI=1S/C17H20O/c1-11(2)13-7-8-16-14(9-13)5-6-15(10-18)17(16)12(3)4/h5-12H,1-4H3. The van der Waals surface area contributed by atoms with Crippen molar-refractivity contribution in [2.45, 2.75) is 39.5 Å². The summed E-state index contributed by atoms with van der Waals surface area (Å²) in [7, 11) is 0. The van der Waals surface area contributed by atoms with Crippen LogP contribution in [-0.4, -0.2) is 6.29 Å². The molecule has 0 bridgehead atoms. The van der Waals surface area contributed by atoms with E-state index in [-0.39, 0.29) is 0 Å². The minimum absolute atomic E-state index is 0.360. The molecule has 0 saturated carbocycles. The summed E-state index contributed by atoms with van der Waals surface area (Å²) in [5.41, 5.74) is 3.32. The Bertz CT molecular complexity index is 579. The number of benzene rings is 2. The van der Waals surface area contributed by atoms with Gasteiger partial charge in [0.15, 0.2) is 0 Å². The maximum absolute atomic E-state index is 11.2. The molecule has 2 rings (SSSR count). The van der Waals surface area contributed by atoms with Gasteiger partial charge in [-0.15, -0.1) is 0 Å². The minimum Gasteiger partial charge on any atom is -0.298 e. The van der Waals surface area contributed by atoms with Crippen molar-refractivity contribution < 1.29 is 4.79 Å². The van der Waals surface area contributed by atoms with Crippen molar-refractivity contribution in [1.82, 2.24) is 0 Å². The van der Waals surface area contributed by atoms with Gasteiger partial charge >= 0.3 is 0 Å². The maximum atomic E-state index is 11.2. The van der Waals surface area contributed by atoms with Gasteiger partial charge in [0.05, 0.1) is 0 Å². The van der Waals surface area contributed by atoms with Gasteiger partial charge in [-0.05, 0) is 33.7 Å². The van der Waals surface area contributed by atoms with E-state index < -0.39 is 0 Å². The fourth-order valence-corrected chi connectivity index (χ4v) is 2.50. The van der Waals surface area contributed by atoms with Crippen molar-refractivity contribution in [3.05, 3.63) is 47.0 Å². The molecule has 0 unspecified atom stereocenters. The number of rotatable bonds is 3. The average molecular weight is 240 g/mol. The first-order valence-electron chi connectivity index (χ1n) is 6.56. The molecule has 1 heteroatoms. The molecule has 0 fully saturated rings. The van der Waals surface area contributed by atoms with Crippen LogP contribution in [0.15, 0.2) is 30.3 Å². The lowest BCUT2D eigenvalue weighted by molar-refractivity contribution is 0.112. The lowest BCUT2D eigenvalue weighted by Crippen LogP contribution is -1.97. The molecule has 0 aliphatic rings. The van der Waals surface area contributed by atoms with E-state index in [9.17, 15) is 4.79 Å². The maximum Gasteiger partial charge on any atom is 0.150 e. The van der Waals surface area contributed by atoms with E-state index >= 15 is 0 Å². The molecular weight excluding hydrogens is 220 g/mol. The third-order valence-electron chi connectivity index (χ3n) is 3.49. The molecule has 1 nitrogen and oxygen atoms in total. The van der Waals surface area contributed by atoms with Crippen LogP contribution in [0.3, 0.4) is 0 Å². The van der Waals surface area contributed by atoms with E-state index in [1.165, 1.54) is 16.3 Å². The molecule has 0 aliphatic heterocycles. The lowest BCUT2D eigenvalue weighted by Gasteiger charge is -2.14. The zero-order chi connectivity index (χ0) is 13.3. The van der Waals surface area contributed by atoms with Gasteiger partial charge in [0.2, 0.25) is 0 Å². The Labute approximate surface area is 109 Å². The molecule has 0 aliphatic carbocycles. The average Bonchev–Trinajstić information content (AvgIpc) is 2.36. The third-order valence-corrected chi connectivity index (χ3v) is 3.49. The number of hydrogen-bond donors (Lipinski definition) is 0. The second-order valence-electron chi connectivity index (χ2n) is 5.48. The molecule has 0 atom stereocenters. The van der Waals surface area contributed by atoms with Crippen molar-refractivity contribution >= 4 is 17.1 Å². The van der Waals surface area contributed by atoms with Crippen LogP contribution >= 0.6 is 0 Å². The lowest BCUT2D eigenvalue weighted by atomic mass is 9.89. The fourth-order valence-electron chi connectivity index (χ4n) is 2.50. The summed E-state index contributed by atoms with van der Waals surface area (Å²) in [6.07, 6.45) is 0.963. The first kappa shape index (κ1) is 12.8. The first-order chi connectivity index (χ1) is 8.54. The van der Waals surface area contributed by atoms with Gasteiger partial charge in [0.1, 0.15) is 6.29 Å². The summed E-state index contributed by atoms with van der Waals surface area (Å²) in [6, 6.07) is 10.6. The molecule has 2 aromatic rings. The number of carbonyl (C=O) groups is 1. The molecular formula is C17H20O. The van der Waals surface area contributed by atoms with Crippen molar-refractivity contribution in [2.75, 3.05) is 0 Å². The largest absolute Gasteiger partial charge is 0.298 e. The Kier molecular flexibility index (Phi) is 3.51. The van der Waals surface area contributed by atoms with Gasteiger partial charge in [-0.2, -0.15) is 0 Å². The molecule has 0 saturated heterocycles. The summed E-state index contributed by atoms with van der Waals surface area (Å²) in [5.74, 6) is 0.890. The molecule has 0 heterocycles. The number of aldehydes is 1. The van der Waals surface area contributed by atoms with Crippen molar-refractivity contribution in [3.63, 3.8) is 0 Å². The SMILES string of the molecule is CC(C)c1ccc2c(C(C)C)c(C=O)ccc2c1. The zero-order valence-corrected chi connectivity index (χ0v) is 11.5. The van der Waals surface area contributed by atoms with Crippen LogP contribution < -0.4 is 0 Å². The van der Waals surface area contributed by atoms with Crippen LogP contribution in [0.5, 0.6) is 0 Å². The van der Waals surface area contributed by atoms with E-state index in [0.717, 1.165) is 17.4 Å². The normalized spacial score (nSPS) is 11.4. The van der Waals surface area contributed by atoms with Gasteiger partial charge in [-0.1, -0.05) is 58.0 Å². The summed E-state index contributed by atoms with van der Waals surface area (Å²) < 4.78 is 0. The highest BCUT2D eigenvalue weighted by atomic mass is 16.1. The Hall–Kier alpha value is -1.63. The van der Waals surface area contributed by atoms with Crippen LogP contribution in [0.2, 0.25) is 0 Å². The monoisotopic (exact) mass is 240 g/mol. The molecule has 2 aromatic carbocycles. The number of carbonyl (C=O) groups excluding carboxylic acids is 1. The smallest absolute Gasteiger partial charge is 0.150 e. The van der Waals surface area contributed by atoms with E-state index in [0.29, 0.717) is 11.8 Å². The van der Waals surface area contributed by atoms with E-state index in [1.807, 2.05) is 6.07 Å². The quantitative estimate of drug-likeness (QED) is 0.697. The Morgan fingerprint density at radius 1 is 0.944 bits per heavy atom. The van der Waals surface area contributed by atoms with Crippen LogP contribution in [0.1, 0.15) is 61.0 Å². The summed E-state index contributed by atoms with van der Waals surface area (Å²) >= 11 is 0. The Morgan fingerprint density at radius 2 is 1.67 bits per heavy atom. The second-order valence-corrected chi connectivity index (χ2v) is 5.48. The predicted octanol–water partition coefficient (Wildman–Crippen LogP) is 4.90. The second kappa shape index (κ2) is 4.93. The van der Waals surface area contributed by atoms with E-state index in [4.69, 9.17) is 0 Å². The molecule has 0 aromatic heterocycles. The van der Waals surface area contributed by atoms with Gasteiger partial charge in [-0.25, -0.2) is 0 Å². The molecule has 94 valence electrons. The van der Waals surface area contributed by atoms with Crippen LogP contribution in [-0.2, 0) is 0 Å². The molecule has 0 amide bonds. The molecule has 0 spiro atoms. The first-order valence-corrected chi connectivity index (χ1v) is 6.56. The predicted molar refractivity (Wildman–Crippen MR) is 77.5 cm³/mol. The van der Waals surface area contributed by atoms with Gasteiger partial charge < -0.3 is 0 Å². The van der Waals surface area contributed by atoms with Crippen molar-refractivity contribution in [2.24, 2.45) is 0 Å². The van der Waals surface area contributed by atoms with Gasteiger partial charge in [0, 0.05) is 5.56 Å². The van der Waals surface area contributed by atoms with E-state index in [1.54, 1.807) is 0 Å². The minimum atomic E-state index is 0.360. The van der Waals surface area contributed by atoms with E-state index in [2.05, 4.69) is 52.0 Å². The molecule has 18 heavy (non-hydrogen) atoms. The Morgan fingerprint density at radius 3 is 2.22 bits per heavy atom. The number of hydrogen-bond acceptors (Lipinski definition) is 1. The van der Waals surface area contributed by atoms with Gasteiger partial charge in [-0.3, -0.25) is 4.79 Å². The third kappa shape index (κ3) is 2.17. The highest BCUT2D eigenvalue weighted by Gasteiger charge is 2.11. The number of fused-ring (bicyclic) bond motifs is 1. The van der Waals surface area contributed by atoms with Crippen molar-refractivity contribution in [3.8, 4) is 0 Å². The highest BCUT2D eigenvalue weighted by molar-refractivity contribution is 5.94. The fraction of sp³-hybridized carbons (Fsp3) is 0.353. The topological polar surface area (TPSA) is 17.1 Å². The molecule has 0 N–H and O–H groups in total. The highest BCUT2D eigenvalue weighted by Crippen LogP contribution is 2.30. The van der Waals surface area contributed by atoms with Gasteiger partial charge in [0.25, 0.3) is 0 Å².